The molecule has 0 unspecified atom stereocenters. The van der Waals surface area contributed by atoms with Crippen LogP contribution < -0.4 is 10.2 Å². The minimum atomic E-state index is -2.08. The van der Waals surface area contributed by atoms with Crippen molar-refractivity contribution in [1.29, 1.82) is 0 Å². The van der Waals surface area contributed by atoms with Crippen molar-refractivity contribution in [2.75, 3.05) is 14.2 Å². The summed E-state index contributed by atoms with van der Waals surface area (Å²) in [6.45, 7) is 9.87. The van der Waals surface area contributed by atoms with Gasteiger partial charge in [-0.05, 0) is 0 Å². The molecular weight excluding hydrogens is 312 g/mol. The van der Waals surface area contributed by atoms with Crippen LogP contribution in [0.2, 0.25) is 13.1 Å². The van der Waals surface area contributed by atoms with Crippen molar-refractivity contribution in [3.8, 4) is 0 Å². The second-order valence-electron chi connectivity index (χ2n) is 5.40. The Hall–Kier alpha value is -0.319. The molecule has 0 bridgehead atoms. The molecule has 0 atom stereocenters. The molecule has 0 saturated carbocycles. The zero-order valence-corrected chi connectivity index (χ0v) is 16.8. The van der Waals surface area contributed by atoms with Gasteiger partial charge in [0.05, 0.1) is 0 Å². The SMILES string of the molecule is C[C](C)=[Ti+2]([C]1=CC=CC1)([C]1=CC=CC1)=[Si](C)C.C[O-].C[O-]. The quantitative estimate of drug-likeness (QED) is 0.724. The molecule has 2 aliphatic carbocycles. The van der Waals surface area contributed by atoms with Crippen LogP contribution in [0.3, 0.4) is 0 Å². The summed E-state index contributed by atoms with van der Waals surface area (Å²) in [5.41, 5.74) is 0. The van der Waals surface area contributed by atoms with Gasteiger partial charge in [-0.2, -0.15) is 14.2 Å². The first-order valence-corrected chi connectivity index (χ1v) is 14.4. The Morgan fingerprint density at radius 3 is 1.48 bits per heavy atom. The van der Waals surface area contributed by atoms with Gasteiger partial charge in [-0.1, -0.05) is 0 Å². The Morgan fingerprint density at radius 2 is 1.29 bits per heavy atom. The molecule has 0 N–H and O–H groups in total. The van der Waals surface area contributed by atoms with E-state index in [-0.39, 0.29) is 6.19 Å². The third kappa shape index (κ3) is 4.33. The van der Waals surface area contributed by atoms with Crippen molar-refractivity contribution < 1.29 is 25.1 Å². The Bertz CT molecular complexity index is 520. The van der Waals surface area contributed by atoms with E-state index in [1.54, 1.807) is 11.6 Å². The van der Waals surface area contributed by atoms with Crippen LogP contribution in [0.1, 0.15) is 26.7 Å². The van der Waals surface area contributed by atoms with Crippen LogP contribution in [-0.2, 0) is 14.9 Å². The van der Waals surface area contributed by atoms with Gasteiger partial charge in [0.2, 0.25) is 0 Å². The third-order valence-corrected chi connectivity index (χ3v) is 23.8. The molecule has 0 aromatic carbocycles. The van der Waals surface area contributed by atoms with Gasteiger partial charge in [0, 0.05) is 0 Å². The molecule has 0 radical (unpaired) electrons. The molecule has 116 valence electrons. The average molecular weight is 340 g/mol. The van der Waals surface area contributed by atoms with Gasteiger partial charge in [0.15, 0.2) is 0 Å². The standard InChI is InChI=1S/2C5H5.C3H6.C2H6Si.2CH3O.Ti/c2*1-2-4-5-3-1;2*1-3-2;2*1-2;/h2*1-3H,4H2;2*1-2H3;2*1H3;/q;;;;2*-1;+2. The topological polar surface area (TPSA) is 46.1 Å². The van der Waals surface area contributed by atoms with E-state index in [0.29, 0.717) is 0 Å². The van der Waals surface area contributed by atoms with E-state index >= 15 is 0 Å². The Kier molecular flexibility index (Phi) is 10.3. The van der Waals surface area contributed by atoms with Crippen LogP contribution in [0, 0.1) is 0 Å². The predicted molar refractivity (Wildman–Crippen MR) is 89.4 cm³/mol. The normalized spacial score (nSPS) is 13.9. The number of allylic oxidation sites excluding steroid dienone is 8. The fourth-order valence-corrected chi connectivity index (χ4v) is 23.0. The summed E-state index contributed by atoms with van der Waals surface area (Å²) >= 11 is -2.08. The number of hydrogen-bond donors (Lipinski definition) is 0. The van der Waals surface area contributed by atoms with Crippen LogP contribution in [0.5, 0.6) is 0 Å². The molecular formula is C17H28O2SiTi. The summed E-state index contributed by atoms with van der Waals surface area (Å²) < 4.78 is 5.37. The third-order valence-electron chi connectivity index (χ3n) is 4.01. The molecule has 4 heteroatoms. The minimum Gasteiger partial charge on any atom is -0.857 e. The summed E-state index contributed by atoms with van der Waals surface area (Å²) in [7, 11) is 1.50. The molecule has 0 spiro atoms. The smallest absolute Gasteiger partial charge is 0.153 e. The molecule has 21 heavy (non-hydrogen) atoms. The monoisotopic (exact) mass is 340 g/mol. The maximum absolute atomic E-state index is 8.25. The zero-order chi connectivity index (χ0) is 16.5. The van der Waals surface area contributed by atoms with Crippen LogP contribution in [0.4, 0.5) is 0 Å². The van der Waals surface area contributed by atoms with Crippen LogP contribution >= 0.6 is 0 Å². The van der Waals surface area contributed by atoms with Crippen LogP contribution in [0.15, 0.2) is 44.2 Å². The molecule has 0 heterocycles. The summed E-state index contributed by atoms with van der Waals surface area (Å²) in [6, 6.07) is 0. The largest absolute Gasteiger partial charge is 0.857 e. The van der Waals surface area contributed by atoms with Crippen LogP contribution in [0.25, 0.3) is 0 Å². The Morgan fingerprint density at radius 1 is 0.905 bits per heavy atom. The first-order valence-electron chi connectivity index (χ1n) is 7.25. The van der Waals surface area contributed by atoms with E-state index in [2.05, 4.69) is 63.4 Å². The summed E-state index contributed by atoms with van der Waals surface area (Å²) in [6.07, 6.45) is 16.3. The summed E-state index contributed by atoms with van der Waals surface area (Å²) in [4.78, 5) is 0. The number of rotatable bonds is 2. The van der Waals surface area contributed by atoms with Crippen molar-refractivity contribution in [3.63, 3.8) is 0 Å². The van der Waals surface area contributed by atoms with Crippen molar-refractivity contribution >= 4 is 10.00 Å². The van der Waals surface area contributed by atoms with Gasteiger partial charge in [0.25, 0.3) is 0 Å². The van der Waals surface area contributed by atoms with E-state index in [4.69, 9.17) is 10.2 Å². The molecule has 0 amide bonds. The molecule has 0 aromatic rings. The molecule has 2 nitrogen and oxygen atoms in total. The van der Waals surface area contributed by atoms with Crippen molar-refractivity contribution in [2.45, 2.75) is 39.8 Å². The van der Waals surface area contributed by atoms with Crippen LogP contribution in [-0.4, -0.2) is 24.2 Å². The minimum absolute atomic E-state index is 0.264. The maximum Gasteiger partial charge on any atom is -0.153 e. The van der Waals surface area contributed by atoms with Crippen molar-refractivity contribution in [3.05, 3.63) is 44.2 Å². The molecule has 0 aliphatic heterocycles. The molecule has 0 fully saturated rings. The first kappa shape index (κ1) is 20.7. The van der Waals surface area contributed by atoms with E-state index in [9.17, 15) is 0 Å². The number of hydrogen-bond acceptors (Lipinski definition) is 2. The Balaban J connectivity index is 0.000000921. The summed E-state index contributed by atoms with van der Waals surface area (Å²) in [5, 5.41) is 16.5. The molecule has 2 aliphatic rings. The van der Waals surface area contributed by atoms with Gasteiger partial charge in [-0.3, -0.25) is 0 Å². The van der Waals surface area contributed by atoms with E-state index in [1.807, 2.05) is 0 Å². The fraction of sp³-hybridized carbons (Fsp3) is 0.471. The Labute approximate surface area is 133 Å². The predicted octanol–water partition coefficient (Wildman–Crippen LogP) is 2.24. The molecule has 0 aromatic heterocycles. The van der Waals surface area contributed by atoms with Gasteiger partial charge in [-0.25, -0.2) is 0 Å². The van der Waals surface area contributed by atoms with E-state index < -0.39 is 14.9 Å². The first-order chi connectivity index (χ1) is 10.1. The second-order valence-corrected chi connectivity index (χ2v) is 21.1. The zero-order valence-electron chi connectivity index (χ0n) is 14.2. The van der Waals surface area contributed by atoms with Gasteiger partial charge in [-0.15, -0.1) is 0 Å². The van der Waals surface area contributed by atoms with E-state index in [1.165, 1.54) is 12.8 Å². The van der Waals surface area contributed by atoms with E-state index in [0.717, 1.165) is 14.2 Å². The molecule has 0 saturated heterocycles. The summed E-state index contributed by atoms with van der Waals surface area (Å²) in [5.74, 6) is 0. The van der Waals surface area contributed by atoms with Crippen molar-refractivity contribution in [1.82, 2.24) is 0 Å². The van der Waals surface area contributed by atoms with Gasteiger partial charge in [0.1, 0.15) is 0 Å². The van der Waals surface area contributed by atoms with Gasteiger partial charge >= 0.3 is 109 Å². The molecule has 2 rings (SSSR count). The second kappa shape index (κ2) is 10.4. The fourth-order valence-electron chi connectivity index (χ4n) is 3.44. The van der Waals surface area contributed by atoms with Gasteiger partial charge < -0.3 is 10.2 Å². The van der Waals surface area contributed by atoms with Crippen molar-refractivity contribution in [2.24, 2.45) is 0 Å². The maximum atomic E-state index is 8.25. The average Bonchev–Trinajstić information content (AvgIpc) is 3.17.